The average molecular weight is 207 g/mol. The Morgan fingerprint density at radius 1 is 1.47 bits per heavy atom. The van der Waals surface area contributed by atoms with Crippen LogP contribution >= 0.6 is 0 Å². The van der Waals surface area contributed by atoms with Gasteiger partial charge in [0.25, 0.3) is 0 Å². The van der Waals surface area contributed by atoms with Gasteiger partial charge >= 0.3 is 0 Å². The molecule has 15 heavy (non-hydrogen) atoms. The molecule has 3 rings (SSSR count). The number of hydrogen-bond acceptors (Lipinski definition) is 4. The highest BCUT2D eigenvalue weighted by Crippen LogP contribution is 2.45. The van der Waals surface area contributed by atoms with Gasteiger partial charge in [-0.1, -0.05) is 13.3 Å². The SMILES string of the molecule is CCC1CC1n1nnnc1CNC1CC1. The molecule has 0 aromatic carbocycles. The first-order chi connectivity index (χ1) is 7.38. The zero-order chi connectivity index (χ0) is 10.3. The lowest BCUT2D eigenvalue weighted by atomic mass is 10.3. The third-order valence-electron chi connectivity index (χ3n) is 3.41. The van der Waals surface area contributed by atoms with Gasteiger partial charge in [0.2, 0.25) is 0 Å². The molecule has 0 radical (unpaired) electrons. The van der Waals surface area contributed by atoms with Crippen molar-refractivity contribution in [1.82, 2.24) is 25.5 Å². The van der Waals surface area contributed by atoms with Crippen molar-refractivity contribution in [2.75, 3.05) is 0 Å². The van der Waals surface area contributed by atoms with Gasteiger partial charge in [-0.15, -0.1) is 5.10 Å². The predicted molar refractivity (Wildman–Crippen MR) is 55.1 cm³/mol. The molecule has 5 heteroatoms. The summed E-state index contributed by atoms with van der Waals surface area (Å²) in [6, 6.07) is 1.29. The summed E-state index contributed by atoms with van der Waals surface area (Å²) < 4.78 is 2.02. The van der Waals surface area contributed by atoms with E-state index < -0.39 is 0 Å². The fourth-order valence-electron chi connectivity index (χ4n) is 2.08. The van der Waals surface area contributed by atoms with Crippen molar-refractivity contribution in [3.8, 4) is 0 Å². The first-order valence-electron chi connectivity index (χ1n) is 5.88. The second-order valence-electron chi connectivity index (χ2n) is 4.67. The molecule has 5 nitrogen and oxygen atoms in total. The Morgan fingerprint density at radius 3 is 3.00 bits per heavy atom. The molecule has 2 unspecified atom stereocenters. The Labute approximate surface area is 89.2 Å². The summed E-state index contributed by atoms with van der Waals surface area (Å²) in [4.78, 5) is 0. The molecule has 2 aliphatic rings. The van der Waals surface area contributed by atoms with Gasteiger partial charge in [0.05, 0.1) is 12.6 Å². The zero-order valence-corrected chi connectivity index (χ0v) is 9.06. The van der Waals surface area contributed by atoms with E-state index in [4.69, 9.17) is 0 Å². The predicted octanol–water partition coefficient (Wildman–Crippen LogP) is 0.896. The fourth-order valence-corrected chi connectivity index (χ4v) is 2.08. The van der Waals surface area contributed by atoms with E-state index in [1.165, 1.54) is 25.7 Å². The van der Waals surface area contributed by atoms with Crippen molar-refractivity contribution in [1.29, 1.82) is 0 Å². The summed E-state index contributed by atoms with van der Waals surface area (Å²) in [5.41, 5.74) is 0. The zero-order valence-electron chi connectivity index (χ0n) is 9.06. The number of aromatic nitrogens is 4. The van der Waals surface area contributed by atoms with E-state index in [1.54, 1.807) is 0 Å². The van der Waals surface area contributed by atoms with Crippen LogP contribution in [0.4, 0.5) is 0 Å². The number of nitrogens with zero attached hydrogens (tertiary/aromatic N) is 4. The van der Waals surface area contributed by atoms with Crippen LogP contribution in [-0.4, -0.2) is 26.2 Å². The van der Waals surface area contributed by atoms with Gasteiger partial charge < -0.3 is 5.32 Å². The van der Waals surface area contributed by atoms with E-state index in [1.807, 2.05) is 4.68 Å². The highest BCUT2D eigenvalue weighted by Gasteiger charge is 2.39. The van der Waals surface area contributed by atoms with Gasteiger partial charge in [-0.25, -0.2) is 4.68 Å². The van der Waals surface area contributed by atoms with Crippen LogP contribution in [0.3, 0.4) is 0 Å². The lowest BCUT2D eigenvalue weighted by Crippen LogP contribution is -2.19. The molecule has 1 heterocycles. The molecule has 2 fully saturated rings. The van der Waals surface area contributed by atoms with Crippen molar-refractivity contribution in [2.45, 2.75) is 51.2 Å². The topological polar surface area (TPSA) is 55.6 Å². The van der Waals surface area contributed by atoms with Crippen molar-refractivity contribution in [2.24, 2.45) is 5.92 Å². The first kappa shape index (κ1) is 9.27. The van der Waals surface area contributed by atoms with E-state index in [2.05, 4.69) is 27.8 Å². The highest BCUT2D eigenvalue weighted by molar-refractivity contribution is 4.96. The maximum atomic E-state index is 4.09. The van der Waals surface area contributed by atoms with Crippen LogP contribution < -0.4 is 5.32 Å². The molecular formula is C10H17N5. The summed E-state index contributed by atoms with van der Waals surface area (Å²) in [6.45, 7) is 3.06. The largest absolute Gasteiger partial charge is 0.307 e. The molecule has 0 aliphatic heterocycles. The molecule has 2 atom stereocenters. The van der Waals surface area contributed by atoms with Gasteiger partial charge in [-0.05, 0) is 35.6 Å². The van der Waals surface area contributed by atoms with Crippen molar-refractivity contribution < 1.29 is 0 Å². The standard InChI is InChI=1S/C10H17N5/c1-2-7-5-9(7)15-10(12-13-14-15)6-11-8-3-4-8/h7-9,11H,2-6H2,1H3. The third-order valence-corrected chi connectivity index (χ3v) is 3.41. The molecule has 0 amide bonds. The monoisotopic (exact) mass is 207 g/mol. The van der Waals surface area contributed by atoms with Crippen LogP contribution in [0.1, 0.15) is 44.5 Å². The molecular weight excluding hydrogens is 190 g/mol. The summed E-state index contributed by atoms with van der Waals surface area (Å²) >= 11 is 0. The molecule has 2 aliphatic carbocycles. The number of tetrazole rings is 1. The van der Waals surface area contributed by atoms with Gasteiger partial charge in [0, 0.05) is 6.04 Å². The Kier molecular flexibility index (Phi) is 2.20. The minimum Gasteiger partial charge on any atom is -0.307 e. The van der Waals surface area contributed by atoms with E-state index in [-0.39, 0.29) is 0 Å². The van der Waals surface area contributed by atoms with Gasteiger partial charge in [0.15, 0.2) is 5.82 Å². The molecule has 1 N–H and O–H groups in total. The fraction of sp³-hybridized carbons (Fsp3) is 0.900. The van der Waals surface area contributed by atoms with Crippen LogP contribution in [0, 0.1) is 5.92 Å². The summed E-state index contributed by atoms with van der Waals surface area (Å²) in [5, 5.41) is 15.4. The van der Waals surface area contributed by atoms with Gasteiger partial charge in [-0.3, -0.25) is 0 Å². The van der Waals surface area contributed by atoms with Crippen LogP contribution in [0.5, 0.6) is 0 Å². The highest BCUT2D eigenvalue weighted by atomic mass is 15.6. The smallest absolute Gasteiger partial charge is 0.165 e. The van der Waals surface area contributed by atoms with Crippen molar-refractivity contribution in [3.63, 3.8) is 0 Å². The average Bonchev–Trinajstić information content (AvgIpc) is 3.16. The van der Waals surface area contributed by atoms with Crippen molar-refractivity contribution in [3.05, 3.63) is 5.82 Å². The van der Waals surface area contributed by atoms with Crippen LogP contribution in [0.2, 0.25) is 0 Å². The normalized spacial score (nSPS) is 29.4. The number of nitrogens with one attached hydrogen (secondary N) is 1. The Bertz CT molecular complexity index is 343. The van der Waals surface area contributed by atoms with E-state index >= 15 is 0 Å². The maximum Gasteiger partial charge on any atom is 0.165 e. The Morgan fingerprint density at radius 2 is 2.33 bits per heavy atom. The first-order valence-corrected chi connectivity index (χ1v) is 5.88. The molecule has 0 bridgehead atoms. The number of hydrogen-bond donors (Lipinski definition) is 1. The van der Waals surface area contributed by atoms with Crippen LogP contribution in [0.15, 0.2) is 0 Å². The van der Waals surface area contributed by atoms with Crippen LogP contribution in [0.25, 0.3) is 0 Å². The molecule has 0 saturated heterocycles. The molecule has 82 valence electrons. The quantitative estimate of drug-likeness (QED) is 0.779. The Balaban J connectivity index is 1.63. The lowest BCUT2D eigenvalue weighted by molar-refractivity contribution is 0.520. The minimum absolute atomic E-state index is 0.570. The van der Waals surface area contributed by atoms with Crippen molar-refractivity contribution >= 4 is 0 Å². The summed E-state index contributed by atoms with van der Waals surface area (Å²) in [6.07, 6.45) is 5.10. The van der Waals surface area contributed by atoms with Gasteiger partial charge in [-0.2, -0.15) is 0 Å². The maximum absolute atomic E-state index is 4.09. The Hall–Kier alpha value is -0.970. The van der Waals surface area contributed by atoms with Gasteiger partial charge in [0.1, 0.15) is 0 Å². The molecule has 0 spiro atoms. The summed E-state index contributed by atoms with van der Waals surface area (Å²) in [5.74, 6) is 1.80. The number of rotatable bonds is 5. The van der Waals surface area contributed by atoms with E-state index in [0.717, 1.165) is 24.3 Å². The minimum atomic E-state index is 0.570. The van der Waals surface area contributed by atoms with Crippen LogP contribution in [-0.2, 0) is 6.54 Å². The third kappa shape index (κ3) is 1.88. The molecule has 1 aromatic heterocycles. The second kappa shape index (κ2) is 3.56. The lowest BCUT2D eigenvalue weighted by Gasteiger charge is -2.04. The van der Waals surface area contributed by atoms with E-state index in [9.17, 15) is 0 Å². The van der Waals surface area contributed by atoms with E-state index in [0.29, 0.717) is 6.04 Å². The molecule has 1 aromatic rings. The molecule has 2 saturated carbocycles. The second-order valence-corrected chi connectivity index (χ2v) is 4.67. The summed E-state index contributed by atoms with van der Waals surface area (Å²) in [7, 11) is 0.